The quantitative estimate of drug-likeness (QED) is 0.417. The van der Waals surface area contributed by atoms with Crippen LogP contribution in [0.5, 0.6) is 0 Å². The third kappa shape index (κ3) is 2.69. The summed E-state index contributed by atoms with van der Waals surface area (Å²) >= 11 is 3.33. The van der Waals surface area contributed by atoms with Gasteiger partial charge in [0, 0.05) is 24.2 Å². The fourth-order valence-corrected chi connectivity index (χ4v) is 4.25. The highest BCUT2D eigenvalue weighted by molar-refractivity contribution is 7.14. The van der Waals surface area contributed by atoms with Gasteiger partial charge in [-0.3, -0.25) is 4.98 Å². The zero-order valence-corrected chi connectivity index (χ0v) is 15.2. The van der Waals surface area contributed by atoms with E-state index in [2.05, 4.69) is 32.9 Å². The molecule has 4 nitrogen and oxygen atoms in total. The predicted molar refractivity (Wildman–Crippen MR) is 107 cm³/mol. The van der Waals surface area contributed by atoms with Crippen LogP contribution in [0, 0.1) is 0 Å². The molecular weight excluding hydrogens is 360 g/mol. The molecule has 0 aliphatic heterocycles. The fraction of sp³-hybridized carbons (Fsp3) is 0. The van der Waals surface area contributed by atoms with Crippen molar-refractivity contribution < 1.29 is 0 Å². The van der Waals surface area contributed by atoms with E-state index in [1.807, 2.05) is 36.5 Å². The van der Waals surface area contributed by atoms with Crippen LogP contribution in [0.25, 0.3) is 43.4 Å². The molecule has 0 N–H and O–H groups in total. The van der Waals surface area contributed by atoms with Crippen molar-refractivity contribution in [3.8, 4) is 32.3 Å². The molecule has 0 aromatic carbocycles. The zero-order valence-electron chi connectivity index (χ0n) is 13.5. The van der Waals surface area contributed by atoms with Gasteiger partial charge in [0.15, 0.2) is 5.65 Å². The highest BCUT2D eigenvalue weighted by atomic mass is 32.1. The summed E-state index contributed by atoms with van der Waals surface area (Å²) in [7, 11) is 0. The van der Waals surface area contributed by atoms with Gasteiger partial charge in [0.25, 0.3) is 0 Å². The Balaban J connectivity index is 1.75. The lowest BCUT2D eigenvalue weighted by Gasteiger charge is -2.08. The molecule has 0 aliphatic carbocycles. The lowest BCUT2D eigenvalue weighted by molar-refractivity contribution is 1.24. The Kier molecular flexibility index (Phi) is 3.77. The first-order chi connectivity index (χ1) is 12.9. The van der Waals surface area contributed by atoms with E-state index in [0.717, 1.165) is 37.8 Å². The van der Waals surface area contributed by atoms with Crippen LogP contribution in [0.15, 0.2) is 71.8 Å². The minimum atomic E-state index is 0.659. The van der Waals surface area contributed by atoms with Gasteiger partial charge in [-0.25, -0.2) is 15.0 Å². The molecule has 5 rings (SSSR count). The van der Waals surface area contributed by atoms with Crippen molar-refractivity contribution in [1.29, 1.82) is 0 Å². The summed E-state index contributed by atoms with van der Waals surface area (Å²) < 4.78 is 0. The van der Waals surface area contributed by atoms with Crippen LogP contribution >= 0.6 is 22.7 Å². The molecule has 0 unspecified atom stereocenters. The predicted octanol–water partition coefficient (Wildman–Crippen LogP) is 5.54. The molecule has 0 aliphatic rings. The number of pyridine rings is 2. The van der Waals surface area contributed by atoms with Crippen molar-refractivity contribution in [2.75, 3.05) is 0 Å². The largest absolute Gasteiger partial charge is 0.265 e. The molecule has 0 spiro atoms. The van der Waals surface area contributed by atoms with Crippen molar-refractivity contribution in [1.82, 2.24) is 19.9 Å². The molecule has 124 valence electrons. The van der Waals surface area contributed by atoms with E-state index < -0.39 is 0 Å². The van der Waals surface area contributed by atoms with Crippen LogP contribution < -0.4 is 0 Å². The maximum atomic E-state index is 4.94. The molecule has 0 fully saturated rings. The summed E-state index contributed by atoms with van der Waals surface area (Å²) in [5.74, 6) is 0. The van der Waals surface area contributed by atoms with Crippen molar-refractivity contribution in [2.24, 2.45) is 0 Å². The van der Waals surface area contributed by atoms with Gasteiger partial charge in [0.2, 0.25) is 0 Å². The van der Waals surface area contributed by atoms with Crippen LogP contribution in [0.1, 0.15) is 0 Å². The van der Waals surface area contributed by atoms with E-state index in [-0.39, 0.29) is 0 Å². The number of aromatic nitrogens is 4. The number of thiophene rings is 2. The topological polar surface area (TPSA) is 51.6 Å². The van der Waals surface area contributed by atoms with Gasteiger partial charge in [0.1, 0.15) is 16.9 Å². The molecule has 0 amide bonds. The second-order valence-corrected chi connectivity index (χ2v) is 7.57. The molecule has 0 radical (unpaired) electrons. The summed E-state index contributed by atoms with van der Waals surface area (Å²) in [5, 5.41) is 4.12. The van der Waals surface area contributed by atoms with Crippen molar-refractivity contribution >= 4 is 33.8 Å². The Morgan fingerprint density at radius 1 is 0.731 bits per heavy atom. The van der Waals surface area contributed by atoms with Gasteiger partial charge < -0.3 is 0 Å². The number of rotatable bonds is 3. The average molecular weight is 372 g/mol. The van der Waals surface area contributed by atoms with Gasteiger partial charge in [0.05, 0.1) is 9.75 Å². The Bertz CT molecular complexity index is 1170. The summed E-state index contributed by atoms with van der Waals surface area (Å²) in [6.45, 7) is 0. The highest BCUT2D eigenvalue weighted by Crippen LogP contribution is 2.35. The van der Waals surface area contributed by atoms with Crippen molar-refractivity contribution in [3.05, 3.63) is 71.8 Å². The summed E-state index contributed by atoms with van der Waals surface area (Å²) in [5.41, 5.74) is 5.32. The Labute approximate surface area is 157 Å². The molecule has 0 atom stereocenters. The Hall–Kier alpha value is -2.96. The van der Waals surface area contributed by atoms with Crippen LogP contribution in [0.4, 0.5) is 0 Å². The summed E-state index contributed by atoms with van der Waals surface area (Å²) in [6.07, 6.45) is 5.40. The van der Waals surface area contributed by atoms with E-state index in [0.29, 0.717) is 5.65 Å². The third-order valence-electron chi connectivity index (χ3n) is 4.04. The van der Waals surface area contributed by atoms with Crippen LogP contribution in [0.3, 0.4) is 0 Å². The second kappa shape index (κ2) is 6.40. The zero-order chi connectivity index (χ0) is 17.3. The first-order valence-corrected chi connectivity index (χ1v) is 9.80. The highest BCUT2D eigenvalue weighted by Gasteiger charge is 2.15. The fourth-order valence-electron chi connectivity index (χ4n) is 2.82. The van der Waals surface area contributed by atoms with E-state index in [1.165, 1.54) is 0 Å². The Morgan fingerprint density at radius 2 is 1.42 bits per heavy atom. The van der Waals surface area contributed by atoms with E-state index in [4.69, 9.17) is 9.97 Å². The van der Waals surface area contributed by atoms with Crippen LogP contribution in [-0.4, -0.2) is 19.9 Å². The summed E-state index contributed by atoms with van der Waals surface area (Å²) in [4.78, 5) is 20.6. The maximum Gasteiger partial charge on any atom is 0.178 e. The first-order valence-electron chi connectivity index (χ1n) is 8.04. The second-order valence-electron chi connectivity index (χ2n) is 5.68. The van der Waals surface area contributed by atoms with Gasteiger partial charge in [-0.1, -0.05) is 12.1 Å². The van der Waals surface area contributed by atoms with Crippen LogP contribution in [-0.2, 0) is 0 Å². The number of nitrogens with zero attached hydrogens (tertiary/aromatic N) is 4. The van der Waals surface area contributed by atoms with Gasteiger partial charge in [-0.2, -0.15) is 0 Å². The minimum absolute atomic E-state index is 0.659. The normalized spacial score (nSPS) is 11.1. The lowest BCUT2D eigenvalue weighted by Crippen LogP contribution is -1.95. The number of fused-ring (bicyclic) bond motifs is 1. The SMILES string of the molecule is c1csc(-c2nc3cc(-c4ccncc4)cnc3nc2-c2cccs2)c1. The smallest absolute Gasteiger partial charge is 0.178 e. The molecule has 0 saturated carbocycles. The van der Waals surface area contributed by atoms with Crippen LogP contribution in [0.2, 0.25) is 0 Å². The molecule has 5 heterocycles. The average Bonchev–Trinajstić information content (AvgIpc) is 3.41. The minimum Gasteiger partial charge on any atom is -0.265 e. The maximum absolute atomic E-state index is 4.94. The van der Waals surface area contributed by atoms with E-state index in [1.54, 1.807) is 35.1 Å². The van der Waals surface area contributed by atoms with E-state index >= 15 is 0 Å². The molecular formula is C20H12N4S2. The van der Waals surface area contributed by atoms with E-state index in [9.17, 15) is 0 Å². The molecule has 6 heteroatoms. The van der Waals surface area contributed by atoms with Gasteiger partial charge >= 0.3 is 0 Å². The molecule has 5 aromatic rings. The molecule has 26 heavy (non-hydrogen) atoms. The van der Waals surface area contributed by atoms with Gasteiger partial charge in [-0.15, -0.1) is 22.7 Å². The monoisotopic (exact) mass is 372 g/mol. The molecule has 0 saturated heterocycles. The summed E-state index contributed by atoms with van der Waals surface area (Å²) in [6, 6.07) is 14.2. The van der Waals surface area contributed by atoms with Crippen molar-refractivity contribution in [2.45, 2.75) is 0 Å². The lowest BCUT2D eigenvalue weighted by atomic mass is 10.1. The first kappa shape index (κ1) is 15.3. The third-order valence-corrected chi connectivity index (χ3v) is 5.80. The Morgan fingerprint density at radius 3 is 2.08 bits per heavy atom. The van der Waals surface area contributed by atoms with Gasteiger partial charge in [-0.05, 0) is 46.7 Å². The standard InChI is InChI=1S/C20H12N4S2/c1-3-16(25-9-1)18-19(17-4-2-10-26-17)24-20-15(23-18)11-14(12-22-20)13-5-7-21-8-6-13/h1-12H. The molecule has 5 aromatic heterocycles. The number of hydrogen-bond donors (Lipinski definition) is 0. The molecule has 0 bridgehead atoms. The van der Waals surface area contributed by atoms with Crippen molar-refractivity contribution in [3.63, 3.8) is 0 Å². The number of hydrogen-bond acceptors (Lipinski definition) is 6.